The summed E-state index contributed by atoms with van der Waals surface area (Å²) in [4.78, 5) is 17.1. The van der Waals surface area contributed by atoms with E-state index in [-0.39, 0.29) is 0 Å². The Morgan fingerprint density at radius 3 is 2.70 bits per heavy atom. The highest BCUT2D eigenvalue weighted by Crippen LogP contribution is 2.37. The zero-order valence-corrected chi connectivity index (χ0v) is 13.1. The fourth-order valence-corrected chi connectivity index (χ4v) is 3.70. The quantitative estimate of drug-likeness (QED) is 0.808. The highest BCUT2D eigenvalue weighted by molar-refractivity contribution is 8.00. The number of benzene rings is 1. The van der Waals surface area contributed by atoms with Crippen LogP contribution in [0.2, 0.25) is 5.02 Å². The molecule has 6 heteroatoms. The maximum atomic E-state index is 11.5. The number of thioether (sulfide) groups is 1. The molecule has 20 heavy (non-hydrogen) atoms. The molecule has 1 N–H and O–H groups in total. The van der Waals surface area contributed by atoms with E-state index < -0.39 is 5.97 Å². The van der Waals surface area contributed by atoms with Gasteiger partial charge in [-0.2, -0.15) is 0 Å². The molecule has 1 heterocycles. The maximum Gasteiger partial charge on any atom is 0.337 e. The van der Waals surface area contributed by atoms with Crippen LogP contribution in [0.15, 0.2) is 51.3 Å². The van der Waals surface area contributed by atoms with Gasteiger partial charge in [0.25, 0.3) is 0 Å². The van der Waals surface area contributed by atoms with Gasteiger partial charge in [-0.1, -0.05) is 36.4 Å². The number of hydrogen-bond acceptors (Lipinski definition) is 4. The lowest BCUT2D eigenvalue weighted by atomic mass is 10.2. The van der Waals surface area contributed by atoms with Gasteiger partial charge in [0.05, 0.1) is 10.6 Å². The lowest BCUT2D eigenvalue weighted by molar-refractivity contribution is 0.0689. The summed E-state index contributed by atoms with van der Waals surface area (Å²) in [6, 6.07) is 8.93. The first-order chi connectivity index (χ1) is 9.63. The van der Waals surface area contributed by atoms with Gasteiger partial charge in [-0.15, -0.1) is 11.8 Å². The Labute approximate surface area is 130 Å². The van der Waals surface area contributed by atoms with Gasteiger partial charge in [0, 0.05) is 16.0 Å². The van der Waals surface area contributed by atoms with Gasteiger partial charge < -0.3 is 5.11 Å². The zero-order chi connectivity index (χ0) is 14.5. The molecule has 3 nitrogen and oxygen atoms in total. The van der Waals surface area contributed by atoms with E-state index in [1.54, 1.807) is 24.4 Å². The summed E-state index contributed by atoms with van der Waals surface area (Å²) in [6.45, 7) is 1.99. The normalized spacial score (nSPS) is 10.5. The minimum absolute atomic E-state index is 0.311. The molecule has 104 valence electrons. The minimum Gasteiger partial charge on any atom is -0.478 e. The van der Waals surface area contributed by atoms with Crippen LogP contribution in [-0.2, 0) is 0 Å². The molecule has 2 rings (SSSR count). The van der Waals surface area contributed by atoms with E-state index in [2.05, 4.69) is 4.98 Å². The second-order valence-corrected chi connectivity index (χ2v) is 6.50. The van der Waals surface area contributed by atoms with E-state index in [0.717, 1.165) is 10.6 Å². The number of carbonyl (C=O) groups is 1. The first-order valence-corrected chi connectivity index (χ1v) is 8.09. The SMILES string of the molecule is CCSc1cccc(Sc2ncccc2Cl)c1C(=O)O. The van der Waals surface area contributed by atoms with E-state index >= 15 is 0 Å². The summed E-state index contributed by atoms with van der Waals surface area (Å²) in [5.41, 5.74) is 0.311. The number of carboxylic acids is 1. The Balaban J connectivity index is 2.44. The van der Waals surface area contributed by atoms with E-state index in [9.17, 15) is 9.90 Å². The lowest BCUT2D eigenvalue weighted by Gasteiger charge is -2.10. The Bertz CT molecular complexity index is 634. The van der Waals surface area contributed by atoms with E-state index in [4.69, 9.17) is 11.6 Å². The molecule has 0 aliphatic carbocycles. The Morgan fingerprint density at radius 2 is 2.05 bits per heavy atom. The predicted octanol–water partition coefficient (Wildman–Crippen LogP) is 4.70. The van der Waals surface area contributed by atoms with Gasteiger partial charge >= 0.3 is 5.97 Å². The largest absolute Gasteiger partial charge is 0.478 e. The van der Waals surface area contributed by atoms with Crippen molar-refractivity contribution in [2.24, 2.45) is 0 Å². The number of carboxylic acid groups (broad SMARTS) is 1. The van der Waals surface area contributed by atoms with Crippen molar-refractivity contribution in [2.45, 2.75) is 21.7 Å². The zero-order valence-electron chi connectivity index (χ0n) is 10.7. The van der Waals surface area contributed by atoms with Crippen LogP contribution in [0.25, 0.3) is 0 Å². The molecule has 0 amide bonds. The molecule has 0 spiro atoms. The average Bonchev–Trinajstić information content (AvgIpc) is 2.41. The first-order valence-electron chi connectivity index (χ1n) is 5.91. The van der Waals surface area contributed by atoms with Crippen molar-refractivity contribution in [1.29, 1.82) is 0 Å². The predicted molar refractivity (Wildman–Crippen MR) is 83.2 cm³/mol. The molecule has 1 aromatic heterocycles. The number of halogens is 1. The molecular formula is C14H12ClNO2S2. The Hall–Kier alpha value is -1.17. The number of hydrogen-bond donors (Lipinski definition) is 1. The van der Waals surface area contributed by atoms with Crippen LogP contribution < -0.4 is 0 Å². The third kappa shape index (κ3) is 3.48. The summed E-state index contributed by atoms with van der Waals surface area (Å²) in [6.07, 6.45) is 1.64. The molecule has 0 aliphatic heterocycles. The molecule has 2 aromatic rings. The number of pyridine rings is 1. The van der Waals surface area contributed by atoms with Crippen LogP contribution in [0.5, 0.6) is 0 Å². The highest BCUT2D eigenvalue weighted by atomic mass is 35.5. The smallest absolute Gasteiger partial charge is 0.337 e. The van der Waals surface area contributed by atoms with Crippen molar-refractivity contribution >= 4 is 41.1 Å². The van der Waals surface area contributed by atoms with Crippen LogP contribution in [0.1, 0.15) is 17.3 Å². The summed E-state index contributed by atoms with van der Waals surface area (Å²) in [7, 11) is 0. The van der Waals surface area contributed by atoms with Crippen LogP contribution in [0, 0.1) is 0 Å². The fraction of sp³-hybridized carbons (Fsp3) is 0.143. The summed E-state index contributed by atoms with van der Waals surface area (Å²) < 4.78 is 0. The Kier molecular flexibility index (Phi) is 5.34. The third-order valence-electron chi connectivity index (χ3n) is 2.43. The van der Waals surface area contributed by atoms with Gasteiger partial charge in [0.1, 0.15) is 5.03 Å². The second-order valence-electron chi connectivity index (χ2n) is 3.76. The monoisotopic (exact) mass is 325 g/mol. The number of aromatic carboxylic acids is 1. The molecule has 0 saturated carbocycles. The number of aromatic nitrogens is 1. The van der Waals surface area contributed by atoms with Crippen molar-refractivity contribution in [3.8, 4) is 0 Å². The minimum atomic E-state index is -0.934. The van der Waals surface area contributed by atoms with Crippen molar-refractivity contribution in [3.05, 3.63) is 47.1 Å². The van der Waals surface area contributed by atoms with Crippen molar-refractivity contribution in [3.63, 3.8) is 0 Å². The van der Waals surface area contributed by atoms with Gasteiger partial charge in [-0.05, 0) is 30.0 Å². The van der Waals surface area contributed by atoms with Gasteiger partial charge in [0.15, 0.2) is 0 Å². The molecular weight excluding hydrogens is 314 g/mol. The van der Waals surface area contributed by atoms with Gasteiger partial charge in [-0.25, -0.2) is 9.78 Å². The van der Waals surface area contributed by atoms with Crippen LogP contribution in [-0.4, -0.2) is 21.8 Å². The van der Waals surface area contributed by atoms with Crippen molar-refractivity contribution in [2.75, 3.05) is 5.75 Å². The maximum absolute atomic E-state index is 11.5. The highest BCUT2D eigenvalue weighted by Gasteiger charge is 2.17. The summed E-state index contributed by atoms with van der Waals surface area (Å²) >= 11 is 8.85. The molecule has 0 radical (unpaired) electrons. The van der Waals surface area contributed by atoms with Crippen LogP contribution >= 0.6 is 35.1 Å². The summed E-state index contributed by atoms with van der Waals surface area (Å²) in [5.74, 6) is -0.116. The number of nitrogens with zero attached hydrogens (tertiary/aromatic N) is 1. The lowest BCUT2D eigenvalue weighted by Crippen LogP contribution is -2.01. The van der Waals surface area contributed by atoms with E-state index in [1.165, 1.54) is 23.5 Å². The number of rotatable bonds is 5. The topological polar surface area (TPSA) is 50.2 Å². The van der Waals surface area contributed by atoms with E-state index in [1.807, 2.05) is 19.1 Å². The molecule has 0 aliphatic rings. The van der Waals surface area contributed by atoms with Gasteiger partial charge in [-0.3, -0.25) is 0 Å². The standard InChI is InChI=1S/C14H12ClNO2S2/c1-2-19-10-6-3-7-11(12(10)14(17)18)20-13-9(15)5-4-8-16-13/h3-8H,2H2,1H3,(H,17,18). The molecule has 0 saturated heterocycles. The van der Waals surface area contributed by atoms with Crippen LogP contribution in [0.4, 0.5) is 0 Å². The summed E-state index contributed by atoms with van der Waals surface area (Å²) in [5, 5.41) is 10.6. The molecule has 0 atom stereocenters. The average molecular weight is 326 g/mol. The second kappa shape index (κ2) is 7.02. The van der Waals surface area contributed by atoms with Crippen molar-refractivity contribution < 1.29 is 9.90 Å². The van der Waals surface area contributed by atoms with Gasteiger partial charge in [0.2, 0.25) is 0 Å². The fourth-order valence-electron chi connectivity index (χ4n) is 1.63. The van der Waals surface area contributed by atoms with Crippen LogP contribution in [0.3, 0.4) is 0 Å². The third-order valence-corrected chi connectivity index (χ3v) is 4.87. The van der Waals surface area contributed by atoms with E-state index in [0.29, 0.717) is 20.5 Å². The molecule has 1 aromatic carbocycles. The molecule has 0 fully saturated rings. The van der Waals surface area contributed by atoms with Crippen molar-refractivity contribution in [1.82, 2.24) is 4.98 Å². The molecule has 0 unspecified atom stereocenters. The molecule has 0 bridgehead atoms. The first kappa shape index (κ1) is 15.2. The Morgan fingerprint density at radius 1 is 1.30 bits per heavy atom.